The molecule has 3 aromatic rings. The molecule has 1 aliphatic rings. The van der Waals surface area contributed by atoms with Crippen molar-refractivity contribution in [2.45, 2.75) is 30.8 Å². The lowest BCUT2D eigenvalue weighted by atomic mass is 10.1. The van der Waals surface area contributed by atoms with Crippen molar-refractivity contribution in [3.05, 3.63) is 89.5 Å². The van der Waals surface area contributed by atoms with Gasteiger partial charge in [-0.15, -0.1) is 0 Å². The van der Waals surface area contributed by atoms with E-state index in [2.05, 4.69) is 15.4 Å². The predicted molar refractivity (Wildman–Crippen MR) is 134 cm³/mol. The van der Waals surface area contributed by atoms with Crippen molar-refractivity contribution in [1.29, 1.82) is 0 Å². The fraction of sp³-hybridized carbons (Fsp3) is 0.231. The Morgan fingerprint density at radius 2 is 1.69 bits per heavy atom. The molecule has 8 nitrogen and oxygen atoms in total. The highest BCUT2D eigenvalue weighted by molar-refractivity contribution is 7.92. The number of carbonyl (C=O) groups is 2. The minimum Gasteiger partial charge on any atom is -0.376 e. The number of nitrogens with one attached hydrogen (secondary N) is 3. The number of sulfonamides is 1. The van der Waals surface area contributed by atoms with Gasteiger partial charge in [0, 0.05) is 18.7 Å². The molecule has 0 spiro atoms. The third kappa shape index (κ3) is 6.06. The van der Waals surface area contributed by atoms with Crippen LogP contribution in [0.4, 0.5) is 11.4 Å². The van der Waals surface area contributed by atoms with E-state index >= 15 is 0 Å². The van der Waals surface area contributed by atoms with Gasteiger partial charge >= 0.3 is 0 Å². The number of anilines is 2. The minimum atomic E-state index is -3.81. The van der Waals surface area contributed by atoms with Crippen LogP contribution in [-0.2, 0) is 14.8 Å². The standard InChI is InChI=1S/C26H27N3O5S/c1-18-13-14-19(16-24(18)29-35(32,33)21-9-3-2-4-10-21)25(30)28-23-12-6-5-11-22(23)26(31)27-17-20-8-7-15-34-20/h2-6,9-14,16,20,29H,7-8,15,17H2,1H3,(H,27,31)(H,28,30). The highest BCUT2D eigenvalue weighted by Crippen LogP contribution is 2.23. The number of ether oxygens (including phenoxy) is 1. The number of aryl methyl sites for hydroxylation is 1. The molecule has 4 rings (SSSR count). The van der Waals surface area contributed by atoms with Gasteiger partial charge in [-0.05, 0) is 61.7 Å². The number of rotatable bonds is 8. The van der Waals surface area contributed by atoms with Gasteiger partial charge in [0.2, 0.25) is 0 Å². The lowest BCUT2D eigenvalue weighted by molar-refractivity contribution is 0.0858. The quantitative estimate of drug-likeness (QED) is 0.440. The van der Waals surface area contributed by atoms with Gasteiger partial charge in [-0.1, -0.05) is 36.4 Å². The average molecular weight is 494 g/mol. The maximum atomic E-state index is 13.0. The topological polar surface area (TPSA) is 114 Å². The van der Waals surface area contributed by atoms with Gasteiger partial charge in [0.15, 0.2) is 0 Å². The molecule has 1 unspecified atom stereocenters. The number of hydrogen-bond acceptors (Lipinski definition) is 5. The van der Waals surface area contributed by atoms with Gasteiger partial charge in [-0.3, -0.25) is 14.3 Å². The highest BCUT2D eigenvalue weighted by atomic mass is 32.2. The summed E-state index contributed by atoms with van der Waals surface area (Å²) in [6.45, 7) is 2.86. The molecule has 1 saturated heterocycles. The van der Waals surface area contributed by atoms with Gasteiger partial charge in [-0.25, -0.2) is 8.42 Å². The van der Waals surface area contributed by atoms with E-state index < -0.39 is 15.9 Å². The van der Waals surface area contributed by atoms with E-state index in [1.54, 1.807) is 61.5 Å². The molecule has 3 N–H and O–H groups in total. The average Bonchev–Trinajstić information content (AvgIpc) is 3.38. The third-order valence-electron chi connectivity index (χ3n) is 5.73. The van der Waals surface area contributed by atoms with E-state index in [1.165, 1.54) is 18.2 Å². The number of hydrogen-bond donors (Lipinski definition) is 3. The second kappa shape index (κ2) is 10.7. The molecule has 0 aromatic heterocycles. The van der Waals surface area contributed by atoms with Crippen molar-refractivity contribution in [2.75, 3.05) is 23.2 Å². The van der Waals surface area contributed by atoms with Crippen LogP contribution in [0.5, 0.6) is 0 Å². The largest absolute Gasteiger partial charge is 0.376 e. The summed E-state index contributed by atoms with van der Waals surface area (Å²) in [5.41, 5.74) is 1.89. The first-order valence-electron chi connectivity index (χ1n) is 11.3. The van der Waals surface area contributed by atoms with E-state index in [9.17, 15) is 18.0 Å². The van der Waals surface area contributed by atoms with E-state index in [-0.39, 0.29) is 22.5 Å². The lowest BCUT2D eigenvalue weighted by Crippen LogP contribution is -2.32. The molecule has 1 aliphatic heterocycles. The van der Waals surface area contributed by atoms with Gasteiger partial charge < -0.3 is 15.4 Å². The lowest BCUT2D eigenvalue weighted by Gasteiger charge is -2.15. The molecule has 0 aliphatic carbocycles. The zero-order valence-corrected chi connectivity index (χ0v) is 20.1. The zero-order valence-electron chi connectivity index (χ0n) is 19.3. The van der Waals surface area contributed by atoms with Crippen LogP contribution >= 0.6 is 0 Å². The van der Waals surface area contributed by atoms with E-state index in [4.69, 9.17) is 4.74 Å². The summed E-state index contributed by atoms with van der Waals surface area (Å²) in [5.74, 6) is -0.777. The molecule has 9 heteroatoms. The summed E-state index contributed by atoms with van der Waals surface area (Å²) in [6.07, 6.45) is 1.89. The molecular formula is C26H27N3O5S. The first kappa shape index (κ1) is 24.4. The van der Waals surface area contributed by atoms with Crippen molar-refractivity contribution < 1.29 is 22.7 Å². The monoisotopic (exact) mass is 493 g/mol. The van der Waals surface area contributed by atoms with Crippen LogP contribution in [0.2, 0.25) is 0 Å². The molecule has 0 saturated carbocycles. The number of amides is 2. The molecule has 35 heavy (non-hydrogen) atoms. The van der Waals surface area contributed by atoms with Crippen molar-refractivity contribution in [1.82, 2.24) is 5.32 Å². The van der Waals surface area contributed by atoms with Crippen LogP contribution in [0.3, 0.4) is 0 Å². The summed E-state index contributed by atoms with van der Waals surface area (Å²) in [4.78, 5) is 25.9. The van der Waals surface area contributed by atoms with Gasteiger partial charge in [0.25, 0.3) is 21.8 Å². The normalized spacial score (nSPS) is 15.4. The third-order valence-corrected chi connectivity index (χ3v) is 7.11. The second-order valence-electron chi connectivity index (χ2n) is 8.29. The Morgan fingerprint density at radius 1 is 0.943 bits per heavy atom. The van der Waals surface area contributed by atoms with Crippen LogP contribution in [0.15, 0.2) is 77.7 Å². The molecule has 3 aromatic carbocycles. The second-order valence-corrected chi connectivity index (χ2v) is 9.98. The molecular weight excluding hydrogens is 466 g/mol. The summed E-state index contributed by atoms with van der Waals surface area (Å²) in [6, 6.07) is 19.5. The van der Waals surface area contributed by atoms with E-state index in [0.29, 0.717) is 35.7 Å². The first-order chi connectivity index (χ1) is 16.8. The Balaban J connectivity index is 1.49. The zero-order chi connectivity index (χ0) is 24.8. The summed E-state index contributed by atoms with van der Waals surface area (Å²) in [7, 11) is -3.81. The fourth-order valence-corrected chi connectivity index (χ4v) is 4.91. The highest BCUT2D eigenvalue weighted by Gasteiger charge is 2.20. The van der Waals surface area contributed by atoms with E-state index in [1.807, 2.05) is 0 Å². The van der Waals surface area contributed by atoms with Crippen LogP contribution in [0.1, 0.15) is 39.1 Å². The van der Waals surface area contributed by atoms with Crippen LogP contribution < -0.4 is 15.4 Å². The maximum Gasteiger partial charge on any atom is 0.261 e. The molecule has 182 valence electrons. The summed E-state index contributed by atoms with van der Waals surface area (Å²) < 4.78 is 33.6. The predicted octanol–water partition coefficient (Wildman–Crippen LogP) is 3.96. The Hall–Kier alpha value is -3.69. The van der Waals surface area contributed by atoms with E-state index in [0.717, 1.165) is 12.8 Å². The van der Waals surface area contributed by atoms with Crippen LogP contribution in [0, 0.1) is 6.92 Å². The van der Waals surface area contributed by atoms with Crippen LogP contribution in [-0.4, -0.2) is 39.5 Å². The number of benzene rings is 3. The number of carbonyl (C=O) groups excluding carboxylic acids is 2. The van der Waals surface area contributed by atoms with Crippen molar-refractivity contribution in [2.24, 2.45) is 0 Å². The molecule has 1 heterocycles. The SMILES string of the molecule is Cc1ccc(C(=O)Nc2ccccc2C(=O)NCC2CCCO2)cc1NS(=O)(=O)c1ccccc1. The van der Waals surface area contributed by atoms with Crippen molar-refractivity contribution in [3.8, 4) is 0 Å². The molecule has 0 radical (unpaired) electrons. The van der Waals surface area contributed by atoms with Crippen molar-refractivity contribution >= 4 is 33.2 Å². The van der Waals surface area contributed by atoms with Gasteiger partial charge in [-0.2, -0.15) is 0 Å². The maximum absolute atomic E-state index is 13.0. The van der Waals surface area contributed by atoms with Crippen molar-refractivity contribution in [3.63, 3.8) is 0 Å². The smallest absolute Gasteiger partial charge is 0.261 e. The Labute approximate surface area is 204 Å². The summed E-state index contributed by atoms with van der Waals surface area (Å²) >= 11 is 0. The Morgan fingerprint density at radius 3 is 2.43 bits per heavy atom. The molecule has 0 bridgehead atoms. The molecule has 2 amide bonds. The minimum absolute atomic E-state index is 0.00588. The first-order valence-corrected chi connectivity index (χ1v) is 12.8. The van der Waals surface area contributed by atoms with Gasteiger partial charge in [0.1, 0.15) is 0 Å². The van der Waals surface area contributed by atoms with Crippen LogP contribution in [0.25, 0.3) is 0 Å². The fourth-order valence-electron chi connectivity index (χ4n) is 3.77. The summed E-state index contributed by atoms with van der Waals surface area (Å²) in [5, 5.41) is 5.63. The molecule has 1 atom stereocenters. The van der Waals surface area contributed by atoms with Gasteiger partial charge in [0.05, 0.1) is 27.9 Å². The number of para-hydroxylation sites is 1. The Bertz CT molecular complexity index is 1320. The Kier molecular flexibility index (Phi) is 7.48. The molecule has 1 fully saturated rings.